The molecule has 3 aromatic rings. The van der Waals surface area contributed by atoms with Gasteiger partial charge in [-0.1, -0.05) is 42.9 Å². The predicted molar refractivity (Wildman–Crippen MR) is 114 cm³/mol. The average Bonchev–Trinajstić information content (AvgIpc) is 3.35. The molecule has 0 bridgehead atoms. The number of carboxylic acid groups (broad SMARTS) is 1. The zero-order valence-corrected chi connectivity index (χ0v) is 17.0. The summed E-state index contributed by atoms with van der Waals surface area (Å²) in [4.78, 5) is 28.9. The summed E-state index contributed by atoms with van der Waals surface area (Å²) in [5.74, 6) is -1.34. The van der Waals surface area contributed by atoms with Crippen LogP contribution in [0.2, 0.25) is 0 Å². The molecule has 0 fully saturated rings. The van der Waals surface area contributed by atoms with Crippen molar-refractivity contribution in [2.75, 3.05) is 10.6 Å². The largest absolute Gasteiger partial charge is 0.477 e. The van der Waals surface area contributed by atoms with Crippen molar-refractivity contribution in [3.05, 3.63) is 62.8 Å². The SMILES string of the molecule is CCCCc1ccccc1NCc1ccc(C(=O)Nc2ncc(C(=O)O)s2)s1. The predicted octanol–water partition coefficient (Wildman–Crippen LogP) is 5.11. The van der Waals surface area contributed by atoms with Gasteiger partial charge >= 0.3 is 5.97 Å². The number of thiazole rings is 1. The lowest BCUT2D eigenvalue weighted by molar-refractivity contribution is 0.0701. The molecule has 2 aromatic heterocycles. The Morgan fingerprint density at radius 1 is 1.11 bits per heavy atom. The summed E-state index contributed by atoms with van der Waals surface area (Å²) in [7, 11) is 0. The highest BCUT2D eigenvalue weighted by Gasteiger charge is 2.14. The van der Waals surface area contributed by atoms with Crippen molar-refractivity contribution in [3.8, 4) is 0 Å². The third kappa shape index (κ3) is 5.17. The number of rotatable bonds is 9. The highest BCUT2D eigenvalue weighted by Crippen LogP contribution is 2.23. The first kappa shape index (κ1) is 20.0. The maximum absolute atomic E-state index is 12.4. The van der Waals surface area contributed by atoms with Crippen LogP contribution >= 0.6 is 22.7 Å². The van der Waals surface area contributed by atoms with Crippen molar-refractivity contribution in [3.63, 3.8) is 0 Å². The number of hydrogen-bond donors (Lipinski definition) is 3. The Hall–Kier alpha value is -2.71. The first-order valence-corrected chi connectivity index (χ1v) is 10.6. The van der Waals surface area contributed by atoms with Gasteiger partial charge in [0.15, 0.2) is 5.13 Å². The molecule has 146 valence electrons. The average molecular weight is 416 g/mol. The summed E-state index contributed by atoms with van der Waals surface area (Å²) in [6.45, 7) is 2.82. The molecule has 8 heteroatoms. The van der Waals surface area contributed by atoms with E-state index in [1.54, 1.807) is 6.07 Å². The van der Waals surface area contributed by atoms with E-state index < -0.39 is 5.97 Å². The van der Waals surface area contributed by atoms with Crippen LogP contribution in [-0.4, -0.2) is 22.0 Å². The van der Waals surface area contributed by atoms with Crippen LogP contribution in [0, 0.1) is 0 Å². The monoisotopic (exact) mass is 415 g/mol. The van der Waals surface area contributed by atoms with Crippen LogP contribution in [0.25, 0.3) is 0 Å². The fourth-order valence-corrected chi connectivity index (χ4v) is 4.14. The summed E-state index contributed by atoms with van der Waals surface area (Å²) in [6, 6.07) is 12.0. The van der Waals surface area contributed by atoms with E-state index in [1.165, 1.54) is 23.1 Å². The van der Waals surface area contributed by atoms with Crippen molar-refractivity contribution in [2.24, 2.45) is 0 Å². The molecule has 0 aliphatic carbocycles. The number of nitrogens with zero attached hydrogens (tertiary/aromatic N) is 1. The summed E-state index contributed by atoms with van der Waals surface area (Å²) in [5, 5.41) is 15.3. The quantitative estimate of drug-likeness (QED) is 0.452. The molecule has 0 spiro atoms. The highest BCUT2D eigenvalue weighted by molar-refractivity contribution is 7.17. The second-order valence-corrected chi connectivity index (χ2v) is 8.37. The molecule has 6 nitrogen and oxygen atoms in total. The molecule has 3 N–H and O–H groups in total. The van der Waals surface area contributed by atoms with Crippen LogP contribution in [0.4, 0.5) is 10.8 Å². The number of para-hydroxylation sites is 1. The Labute approximate surface area is 171 Å². The molecule has 3 rings (SSSR count). The van der Waals surface area contributed by atoms with Crippen LogP contribution in [0.15, 0.2) is 42.6 Å². The van der Waals surface area contributed by atoms with Gasteiger partial charge in [0.05, 0.1) is 11.1 Å². The molecule has 0 saturated heterocycles. The zero-order valence-electron chi connectivity index (χ0n) is 15.4. The number of benzene rings is 1. The van der Waals surface area contributed by atoms with Gasteiger partial charge in [-0.3, -0.25) is 10.1 Å². The molecule has 0 aliphatic rings. The van der Waals surface area contributed by atoms with Crippen molar-refractivity contribution >= 4 is 45.4 Å². The van der Waals surface area contributed by atoms with Gasteiger partial charge in [-0.25, -0.2) is 9.78 Å². The Bertz CT molecular complexity index is 965. The van der Waals surface area contributed by atoms with Crippen molar-refractivity contribution < 1.29 is 14.7 Å². The van der Waals surface area contributed by atoms with Crippen LogP contribution in [0.5, 0.6) is 0 Å². The molecule has 0 unspecified atom stereocenters. The number of amides is 1. The minimum atomic E-state index is -1.05. The summed E-state index contributed by atoms with van der Waals surface area (Å²) < 4.78 is 0. The molecule has 28 heavy (non-hydrogen) atoms. The molecule has 0 aliphatic heterocycles. The van der Waals surface area contributed by atoms with E-state index >= 15 is 0 Å². The van der Waals surface area contributed by atoms with E-state index in [2.05, 4.69) is 40.7 Å². The number of carbonyl (C=O) groups is 2. The van der Waals surface area contributed by atoms with Gasteiger partial charge < -0.3 is 10.4 Å². The summed E-state index contributed by atoms with van der Waals surface area (Å²) in [6.07, 6.45) is 4.60. The van der Waals surface area contributed by atoms with Gasteiger partial charge in [-0.15, -0.1) is 11.3 Å². The normalized spacial score (nSPS) is 10.6. The fourth-order valence-electron chi connectivity index (χ4n) is 2.64. The fraction of sp³-hybridized carbons (Fsp3) is 0.250. The number of aryl methyl sites for hydroxylation is 1. The van der Waals surface area contributed by atoms with Crippen LogP contribution in [-0.2, 0) is 13.0 Å². The highest BCUT2D eigenvalue weighted by atomic mass is 32.1. The molecular weight excluding hydrogens is 394 g/mol. The number of carboxylic acids is 1. The minimum absolute atomic E-state index is 0.0908. The number of nitrogens with one attached hydrogen (secondary N) is 2. The van der Waals surface area contributed by atoms with E-state index in [9.17, 15) is 9.59 Å². The number of carbonyl (C=O) groups excluding carboxylic acids is 1. The second kappa shape index (κ2) is 9.48. The van der Waals surface area contributed by atoms with E-state index in [-0.39, 0.29) is 15.9 Å². The van der Waals surface area contributed by atoms with Gasteiger partial charge in [0.25, 0.3) is 5.91 Å². The molecule has 1 aromatic carbocycles. The molecule has 0 radical (unpaired) electrons. The maximum Gasteiger partial charge on any atom is 0.347 e. The van der Waals surface area contributed by atoms with Gasteiger partial charge in [0.1, 0.15) is 4.88 Å². The molecular formula is C20H21N3O3S2. The smallest absolute Gasteiger partial charge is 0.347 e. The number of aromatic nitrogens is 1. The van der Waals surface area contributed by atoms with Gasteiger partial charge in [0.2, 0.25) is 0 Å². The van der Waals surface area contributed by atoms with Crippen LogP contribution < -0.4 is 10.6 Å². The van der Waals surface area contributed by atoms with Crippen molar-refractivity contribution in [2.45, 2.75) is 32.7 Å². The van der Waals surface area contributed by atoms with E-state index in [4.69, 9.17) is 5.11 Å². The Morgan fingerprint density at radius 3 is 2.68 bits per heavy atom. The van der Waals surface area contributed by atoms with E-state index in [1.807, 2.05) is 12.1 Å². The maximum atomic E-state index is 12.4. The third-order valence-corrected chi connectivity index (χ3v) is 6.08. The lowest BCUT2D eigenvalue weighted by Crippen LogP contribution is -2.09. The number of aromatic carboxylic acids is 1. The van der Waals surface area contributed by atoms with Crippen LogP contribution in [0.3, 0.4) is 0 Å². The topological polar surface area (TPSA) is 91.3 Å². The lowest BCUT2D eigenvalue weighted by atomic mass is 10.1. The molecule has 0 saturated carbocycles. The number of anilines is 2. The van der Waals surface area contributed by atoms with Gasteiger partial charge in [-0.05, 0) is 36.6 Å². The van der Waals surface area contributed by atoms with Crippen LogP contribution in [0.1, 0.15) is 49.5 Å². The minimum Gasteiger partial charge on any atom is -0.477 e. The first-order chi connectivity index (χ1) is 13.6. The Balaban J connectivity index is 1.59. The second-order valence-electron chi connectivity index (χ2n) is 6.17. The zero-order chi connectivity index (χ0) is 19.9. The Morgan fingerprint density at radius 2 is 1.93 bits per heavy atom. The third-order valence-electron chi connectivity index (χ3n) is 4.09. The molecule has 2 heterocycles. The number of unbranched alkanes of at least 4 members (excludes halogenated alkanes) is 1. The van der Waals surface area contributed by atoms with E-state index in [0.717, 1.165) is 41.2 Å². The number of thiophene rings is 1. The lowest BCUT2D eigenvalue weighted by Gasteiger charge is -2.11. The standard InChI is InChI=1S/C20H21N3O3S2/c1-2-3-6-13-7-4-5-8-15(13)21-11-14-9-10-16(27-14)18(24)23-20-22-12-17(28-20)19(25)26/h4-5,7-10,12,21H,2-3,6,11H2,1H3,(H,25,26)(H,22,23,24). The van der Waals surface area contributed by atoms with Crippen molar-refractivity contribution in [1.82, 2.24) is 4.98 Å². The van der Waals surface area contributed by atoms with Crippen molar-refractivity contribution in [1.29, 1.82) is 0 Å². The Kier molecular flexibility index (Phi) is 6.78. The van der Waals surface area contributed by atoms with Gasteiger partial charge in [0, 0.05) is 17.1 Å². The molecule has 0 atom stereocenters. The number of hydrogen-bond acceptors (Lipinski definition) is 6. The summed E-state index contributed by atoms with van der Waals surface area (Å²) in [5.41, 5.74) is 2.43. The van der Waals surface area contributed by atoms with Gasteiger partial charge in [-0.2, -0.15) is 0 Å². The first-order valence-electron chi connectivity index (χ1n) is 8.97. The van der Waals surface area contributed by atoms with E-state index in [0.29, 0.717) is 11.4 Å². The summed E-state index contributed by atoms with van der Waals surface area (Å²) >= 11 is 2.34. The molecule has 1 amide bonds.